The second kappa shape index (κ2) is 8.91. The predicted octanol–water partition coefficient (Wildman–Crippen LogP) is 1.59. The van der Waals surface area contributed by atoms with Crippen LogP contribution in [0.3, 0.4) is 0 Å². The molecule has 7 heteroatoms. The molecule has 0 saturated heterocycles. The SMILES string of the molecule is CCCCNC(=S)Nc1ccc(C(=O)NCC(=O)O)cc1. The standard InChI is InChI=1S/C14H19N3O3S/c1-2-3-8-15-14(21)17-11-6-4-10(5-7-11)13(20)16-9-12(18)19/h4-7H,2-3,8-9H2,1H3,(H,16,20)(H,18,19)(H2,15,17,21). The van der Waals surface area contributed by atoms with Gasteiger partial charge in [0.25, 0.3) is 5.91 Å². The number of carbonyl (C=O) groups is 2. The van der Waals surface area contributed by atoms with Gasteiger partial charge >= 0.3 is 5.97 Å². The Hall–Kier alpha value is -2.15. The lowest BCUT2D eigenvalue weighted by Crippen LogP contribution is -2.30. The van der Waals surface area contributed by atoms with E-state index in [0.717, 1.165) is 25.1 Å². The first-order valence-electron chi connectivity index (χ1n) is 6.68. The van der Waals surface area contributed by atoms with Crippen LogP contribution >= 0.6 is 12.2 Å². The zero-order valence-electron chi connectivity index (χ0n) is 11.8. The molecule has 1 rings (SSSR count). The van der Waals surface area contributed by atoms with Crippen LogP contribution in [0.1, 0.15) is 30.1 Å². The average molecular weight is 309 g/mol. The van der Waals surface area contributed by atoms with Crippen LogP contribution in [0.2, 0.25) is 0 Å². The van der Waals surface area contributed by atoms with Gasteiger partial charge in [-0.25, -0.2) is 0 Å². The van der Waals surface area contributed by atoms with Crippen LogP contribution in [-0.2, 0) is 4.79 Å². The number of hydrogen-bond acceptors (Lipinski definition) is 3. The zero-order chi connectivity index (χ0) is 15.7. The van der Waals surface area contributed by atoms with Crippen molar-refractivity contribution in [3.63, 3.8) is 0 Å². The quantitative estimate of drug-likeness (QED) is 0.452. The summed E-state index contributed by atoms with van der Waals surface area (Å²) in [5.41, 5.74) is 1.16. The molecule has 0 bridgehead atoms. The first kappa shape index (κ1) is 16.9. The van der Waals surface area contributed by atoms with E-state index in [0.29, 0.717) is 10.7 Å². The topological polar surface area (TPSA) is 90.5 Å². The lowest BCUT2D eigenvalue weighted by Gasteiger charge is -2.10. The number of carboxylic acids is 1. The Morgan fingerprint density at radius 2 is 1.86 bits per heavy atom. The molecule has 0 aromatic heterocycles. The number of hydrogen-bond donors (Lipinski definition) is 4. The summed E-state index contributed by atoms with van der Waals surface area (Å²) in [6.07, 6.45) is 2.14. The lowest BCUT2D eigenvalue weighted by atomic mass is 10.2. The number of carbonyl (C=O) groups excluding carboxylic acids is 1. The smallest absolute Gasteiger partial charge is 0.322 e. The highest BCUT2D eigenvalue weighted by molar-refractivity contribution is 7.80. The Balaban J connectivity index is 2.48. The van der Waals surface area contributed by atoms with Crippen LogP contribution in [0.15, 0.2) is 24.3 Å². The van der Waals surface area contributed by atoms with E-state index >= 15 is 0 Å². The van der Waals surface area contributed by atoms with E-state index < -0.39 is 18.4 Å². The molecule has 0 radical (unpaired) electrons. The Morgan fingerprint density at radius 3 is 2.43 bits per heavy atom. The first-order valence-corrected chi connectivity index (χ1v) is 7.08. The normalized spacial score (nSPS) is 9.76. The number of amides is 1. The molecule has 0 saturated carbocycles. The van der Waals surface area contributed by atoms with E-state index in [1.165, 1.54) is 0 Å². The fourth-order valence-electron chi connectivity index (χ4n) is 1.52. The van der Waals surface area contributed by atoms with Crippen molar-refractivity contribution in [1.29, 1.82) is 0 Å². The van der Waals surface area contributed by atoms with Gasteiger partial charge in [-0.05, 0) is 42.9 Å². The van der Waals surface area contributed by atoms with Crippen LogP contribution in [0.25, 0.3) is 0 Å². The van der Waals surface area contributed by atoms with Crippen LogP contribution < -0.4 is 16.0 Å². The van der Waals surface area contributed by atoms with Gasteiger partial charge in [-0.2, -0.15) is 0 Å². The highest BCUT2D eigenvalue weighted by Crippen LogP contribution is 2.09. The molecule has 114 valence electrons. The van der Waals surface area contributed by atoms with Gasteiger partial charge in [0, 0.05) is 17.8 Å². The van der Waals surface area contributed by atoms with Gasteiger partial charge in [-0.1, -0.05) is 13.3 Å². The third kappa shape index (κ3) is 6.71. The average Bonchev–Trinajstić information content (AvgIpc) is 2.45. The summed E-state index contributed by atoms with van der Waals surface area (Å²) in [4.78, 5) is 22.0. The summed E-state index contributed by atoms with van der Waals surface area (Å²) >= 11 is 5.14. The van der Waals surface area contributed by atoms with Gasteiger partial charge < -0.3 is 21.1 Å². The number of thiocarbonyl (C=S) groups is 1. The maximum absolute atomic E-state index is 11.6. The molecule has 0 fully saturated rings. The molecule has 0 heterocycles. The van der Waals surface area contributed by atoms with E-state index in [4.69, 9.17) is 17.3 Å². The molecule has 0 unspecified atom stereocenters. The van der Waals surface area contributed by atoms with Gasteiger partial charge in [-0.3, -0.25) is 9.59 Å². The maximum Gasteiger partial charge on any atom is 0.322 e. The minimum Gasteiger partial charge on any atom is -0.480 e. The van der Waals surface area contributed by atoms with E-state index in [9.17, 15) is 9.59 Å². The number of benzene rings is 1. The molecule has 1 aromatic rings. The molecule has 0 atom stereocenters. The second-order valence-electron chi connectivity index (χ2n) is 4.39. The molecule has 0 aliphatic carbocycles. The predicted molar refractivity (Wildman–Crippen MR) is 85.5 cm³/mol. The van der Waals surface area contributed by atoms with Crippen molar-refractivity contribution in [3.05, 3.63) is 29.8 Å². The molecular weight excluding hydrogens is 290 g/mol. The first-order chi connectivity index (χ1) is 10.0. The van der Waals surface area contributed by atoms with E-state index in [2.05, 4.69) is 22.9 Å². The largest absolute Gasteiger partial charge is 0.480 e. The third-order valence-electron chi connectivity index (χ3n) is 2.62. The summed E-state index contributed by atoms with van der Waals surface area (Å²) in [6, 6.07) is 6.63. The van der Waals surface area contributed by atoms with Crippen molar-refractivity contribution >= 4 is 34.9 Å². The van der Waals surface area contributed by atoms with Crippen LogP contribution in [-0.4, -0.2) is 35.2 Å². The van der Waals surface area contributed by atoms with Crippen molar-refractivity contribution in [2.45, 2.75) is 19.8 Å². The Morgan fingerprint density at radius 1 is 1.19 bits per heavy atom. The Labute approximate surface area is 128 Å². The van der Waals surface area contributed by atoms with Crippen molar-refractivity contribution in [2.75, 3.05) is 18.4 Å². The van der Waals surface area contributed by atoms with Gasteiger partial charge in [-0.15, -0.1) is 0 Å². The number of rotatable bonds is 7. The van der Waals surface area contributed by atoms with Crippen LogP contribution in [0, 0.1) is 0 Å². The minimum atomic E-state index is -1.08. The summed E-state index contributed by atoms with van der Waals surface area (Å²) in [5.74, 6) is -1.50. The Kier molecular flexibility index (Phi) is 7.17. The highest BCUT2D eigenvalue weighted by Gasteiger charge is 2.07. The molecule has 4 N–H and O–H groups in total. The van der Waals surface area contributed by atoms with Crippen molar-refractivity contribution in [3.8, 4) is 0 Å². The third-order valence-corrected chi connectivity index (χ3v) is 2.87. The minimum absolute atomic E-state index is 0.395. The number of anilines is 1. The molecular formula is C14H19N3O3S. The summed E-state index contributed by atoms with van der Waals surface area (Å²) < 4.78 is 0. The summed E-state index contributed by atoms with van der Waals surface area (Å²) in [7, 11) is 0. The summed E-state index contributed by atoms with van der Waals surface area (Å²) in [5, 5.41) is 17.4. The zero-order valence-corrected chi connectivity index (χ0v) is 12.6. The van der Waals surface area contributed by atoms with Gasteiger partial charge in [0.1, 0.15) is 6.54 Å². The molecule has 0 spiro atoms. The van der Waals surface area contributed by atoms with E-state index in [-0.39, 0.29) is 0 Å². The van der Waals surface area contributed by atoms with Gasteiger partial charge in [0.15, 0.2) is 5.11 Å². The summed E-state index contributed by atoms with van der Waals surface area (Å²) in [6.45, 7) is 2.52. The van der Waals surface area contributed by atoms with Crippen LogP contribution in [0.5, 0.6) is 0 Å². The van der Waals surface area contributed by atoms with E-state index in [1.807, 2.05) is 0 Å². The fourth-order valence-corrected chi connectivity index (χ4v) is 1.74. The molecule has 0 aliphatic rings. The number of aliphatic carboxylic acids is 1. The Bertz CT molecular complexity index is 503. The monoisotopic (exact) mass is 309 g/mol. The second-order valence-corrected chi connectivity index (χ2v) is 4.80. The van der Waals surface area contributed by atoms with Crippen molar-refractivity contribution in [1.82, 2.24) is 10.6 Å². The molecule has 1 aromatic carbocycles. The molecule has 21 heavy (non-hydrogen) atoms. The molecule has 0 aliphatic heterocycles. The highest BCUT2D eigenvalue weighted by atomic mass is 32.1. The maximum atomic E-state index is 11.6. The number of unbranched alkanes of at least 4 members (excludes halogenated alkanes) is 1. The number of carboxylic acid groups (broad SMARTS) is 1. The number of nitrogens with one attached hydrogen (secondary N) is 3. The van der Waals surface area contributed by atoms with Gasteiger partial charge in [0.2, 0.25) is 0 Å². The van der Waals surface area contributed by atoms with Crippen molar-refractivity contribution in [2.24, 2.45) is 0 Å². The van der Waals surface area contributed by atoms with Crippen molar-refractivity contribution < 1.29 is 14.7 Å². The molecule has 1 amide bonds. The van der Waals surface area contributed by atoms with E-state index in [1.54, 1.807) is 24.3 Å². The van der Waals surface area contributed by atoms with Crippen LogP contribution in [0.4, 0.5) is 5.69 Å². The lowest BCUT2D eigenvalue weighted by molar-refractivity contribution is -0.135. The molecule has 6 nitrogen and oxygen atoms in total. The fraction of sp³-hybridized carbons (Fsp3) is 0.357. The van der Waals surface area contributed by atoms with Gasteiger partial charge in [0.05, 0.1) is 0 Å².